The van der Waals surface area contributed by atoms with Crippen LogP contribution in [-0.2, 0) is 5.75 Å². The first-order valence-electron chi connectivity index (χ1n) is 8.78. The molecule has 0 amide bonds. The molecule has 2 aromatic heterocycles. The average Bonchev–Trinajstić information content (AvgIpc) is 2.76. The molecule has 0 saturated carbocycles. The van der Waals surface area contributed by atoms with E-state index in [0.717, 1.165) is 11.3 Å². The van der Waals surface area contributed by atoms with Crippen molar-refractivity contribution in [2.24, 2.45) is 0 Å². The van der Waals surface area contributed by atoms with Gasteiger partial charge in [0.1, 0.15) is 28.5 Å². The Bertz CT molecular complexity index is 1070. The summed E-state index contributed by atoms with van der Waals surface area (Å²) < 4.78 is 0. The van der Waals surface area contributed by atoms with Crippen molar-refractivity contribution in [2.75, 3.05) is 24.2 Å². The zero-order valence-corrected chi connectivity index (χ0v) is 16.3. The van der Waals surface area contributed by atoms with Crippen molar-refractivity contribution in [3.8, 4) is 23.3 Å². The maximum Gasteiger partial charge on any atom is 0.143 e. The fraction of sp³-hybridized carbons (Fsp3) is 0.143. The second-order valence-electron chi connectivity index (χ2n) is 6.03. The summed E-state index contributed by atoms with van der Waals surface area (Å²) in [6.45, 7) is 0.459. The van der Waals surface area contributed by atoms with Crippen LogP contribution in [0.3, 0.4) is 0 Å². The number of hydrogen-bond donors (Lipinski definition) is 3. The third-order valence-corrected chi connectivity index (χ3v) is 5.17. The highest BCUT2D eigenvalue weighted by molar-refractivity contribution is 7.98. The van der Waals surface area contributed by atoms with E-state index in [1.54, 1.807) is 12.4 Å². The molecular formula is C21H18N6OS. The van der Waals surface area contributed by atoms with Gasteiger partial charge < -0.3 is 16.2 Å². The third-order valence-electron chi connectivity index (χ3n) is 4.13. The van der Waals surface area contributed by atoms with Crippen LogP contribution in [0.5, 0.6) is 0 Å². The van der Waals surface area contributed by atoms with Crippen LogP contribution in [0.15, 0.2) is 53.8 Å². The van der Waals surface area contributed by atoms with Gasteiger partial charge in [0, 0.05) is 35.9 Å². The highest BCUT2D eigenvalue weighted by Gasteiger charge is 2.20. The van der Waals surface area contributed by atoms with Crippen LogP contribution < -0.4 is 11.1 Å². The van der Waals surface area contributed by atoms with Gasteiger partial charge in [0.2, 0.25) is 0 Å². The number of nitrogens with zero attached hydrogens (tertiary/aromatic N) is 4. The van der Waals surface area contributed by atoms with E-state index in [2.05, 4.69) is 27.4 Å². The quantitative estimate of drug-likeness (QED) is 0.514. The summed E-state index contributed by atoms with van der Waals surface area (Å²) in [5.74, 6) is 0.669. The Kier molecular flexibility index (Phi) is 6.64. The van der Waals surface area contributed by atoms with Crippen molar-refractivity contribution < 1.29 is 5.11 Å². The van der Waals surface area contributed by atoms with Gasteiger partial charge in [-0.25, -0.2) is 4.98 Å². The first-order valence-corrected chi connectivity index (χ1v) is 9.77. The molecule has 7 nitrogen and oxygen atoms in total. The molecule has 29 heavy (non-hydrogen) atoms. The van der Waals surface area contributed by atoms with Gasteiger partial charge in [0.25, 0.3) is 0 Å². The maximum absolute atomic E-state index is 9.83. The topological polar surface area (TPSA) is 132 Å². The van der Waals surface area contributed by atoms with E-state index < -0.39 is 0 Å². The summed E-state index contributed by atoms with van der Waals surface area (Å²) in [6.07, 6.45) is 3.45. The van der Waals surface area contributed by atoms with E-state index in [0.29, 0.717) is 34.0 Å². The smallest absolute Gasteiger partial charge is 0.143 e. The van der Waals surface area contributed by atoms with Crippen LogP contribution in [0.1, 0.15) is 16.7 Å². The lowest BCUT2D eigenvalue weighted by Gasteiger charge is -2.13. The van der Waals surface area contributed by atoms with Crippen LogP contribution in [0.25, 0.3) is 11.1 Å². The van der Waals surface area contributed by atoms with Crippen LogP contribution in [0.4, 0.5) is 11.5 Å². The Morgan fingerprint density at radius 2 is 1.86 bits per heavy atom. The second kappa shape index (κ2) is 9.56. The Balaban J connectivity index is 2.02. The van der Waals surface area contributed by atoms with Gasteiger partial charge in [-0.15, -0.1) is 11.8 Å². The minimum Gasteiger partial charge on any atom is -0.395 e. The van der Waals surface area contributed by atoms with Gasteiger partial charge in [-0.05, 0) is 29.3 Å². The highest BCUT2D eigenvalue weighted by atomic mass is 32.2. The lowest BCUT2D eigenvalue weighted by Crippen LogP contribution is -2.05. The Hall–Kier alpha value is -3.59. The van der Waals surface area contributed by atoms with Crippen LogP contribution in [0.2, 0.25) is 0 Å². The van der Waals surface area contributed by atoms with Gasteiger partial charge >= 0.3 is 0 Å². The Morgan fingerprint density at radius 1 is 1.10 bits per heavy atom. The molecule has 0 aliphatic rings. The minimum atomic E-state index is 0.0251. The number of anilines is 2. The molecule has 0 spiro atoms. The number of thioether (sulfide) groups is 1. The molecule has 0 radical (unpaired) electrons. The standard InChI is InChI=1S/C21H18N6OS/c22-10-17-19(15-3-5-16(6-4-15)26-8-9-28)18(11-23)21(27-20(17)24)29-13-14-2-1-7-25-12-14/h1-7,12,26,28H,8-9,13H2,(H2,24,27). The zero-order valence-electron chi connectivity index (χ0n) is 15.5. The van der Waals surface area contributed by atoms with Crippen molar-refractivity contribution in [1.82, 2.24) is 9.97 Å². The molecule has 2 heterocycles. The predicted molar refractivity (Wildman–Crippen MR) is 113 cm³/mol. The summed E-state index contributed by atoms with van der Waals surface area (Å²) in [4.78, 5) is 8.40. The van der Waals surface area contributed by atoms with E-state index in [9.17, 15) is 10.5 Å². The number of nitrogen functional groups attached to an aromatic ring is 1. The molecule has 144 valence electrons. The van der Waals surface area contributed by atoms with E-state index >= 15 is 0 Å². The molecule has 0 aliphatic carbocycles. The monoisotopic (exact) mass is 402 g/mol. The van der Waals surface area contributed by atoms with Crippen molar-refractivity contribution in [3.05, 3.63) is 65.5 Å². The molecule has 0 atom stereocenters. The van der Waals surface area contributed by atoms with Gasteiger partial charge in [0.05, 0.1) is 12.2 Å². The minimum absolute atomic E-state index is 0.0251. The average molecular weight is 402 g/mol. The second-order valence-corrected chi connectivity index (χ2v) is 6.99. The molecule has 8 heteroatoms. The lowest BCUT2D eigenvalue weighted by atomic mass is 9.96. The number of pyridine rings is 2. The summed E-state index contributed by atoms with van der Waals surface area (Å²) >= 11 is 1.38. The first kappa shape index (κ1) is 20.2. The Morgan fingerprint density at radius 3 is 2.48 bits per heavy atom. The van der Waals surface area contributed by atoms with E-state index in [1.165, 1.54) is 11.8 Å². The van der Waals surface area contributed by atoms with Crippen molar-refractivity contribution in [3.63, 3.8) is 0 Å². The number of rotatable bonds is 7. The number of nitrogens with two attached hydrogens (primary N) is 1. The van der Waals surface area contributed by atoms with Gasteiger partial charge in [-0.3, -0.25) is 4.98 Å². The molecular weight excluding hydrogens is 384 g/mol. The number of aromatic nitrogens is 2. The molecule has 3 rings (SSSR count). The molecule has 1 aromatic carbocycles. The molecule has 0 unspecified atom stereocenters. The summed E-state index contributed by atoms with van der Waals surface area (Å²) in [5.41, 5.74) is 9.55. The van der Waals surface area contributed by atoms with Crippen LogP contribution in [-0.4, -0.2) is 28.2 Å². The SMILES string of the molecule is N#Cc1c(N)nc(SCc2cccnc2)c(C#N)c1-c1ccc(NCCO)cc1. The summed E-state index contributed by atoms with van der Waals surface area (Å²) in [7, 11) is 0. The summed E-state index contributed by atoms with van der Waals surface area (Å²) in [6, 6.07) is 15.3. The van der Waals surface area contributed by atoms with Crippen molar-refractivity contribution in [2.45, 2.75) is 10.8 Å². The lowest BCUT2D eigenvalue weighted by molar-refractivity contribution is 0.311. The number of nitrogens with one attached hydrogen (secondary N) is 1. The molecule has 0 saturated heterocycles. The molecule has 3 aromatic rings. The molecule has 0 fully saturated rings. The van der Waals surface area contributed by atoms with Crippen LogP contribution >= 0.6 is 11.8 Å². The maximum atomic E-state index is 9.83. The highest BCUT2D eigenvalue weighted by Crippen LogP contribution is 2.36. The van der Waals surface area contributed by atoms with Crippen molar-refractivity contribution in [1.29, 1.82) is 10.5 Å². The normalized spacial score (nSPS) is 10.2. The number of aliphatic hydroxyl groups is 1. The fourth-order valence-corrected chi connectivity index (χ4v) is 3.71. The van der Waals surface area contributed by atoms with E-state index in [1.807, 2.05) is 36.4 Å². The summed E-state index contributed by atoms with van der Waals surface area (Å²) in [5, 5.41) is 31.9. The number of aliphatic hydroxyl groups excluding tert-OH is 1. The molecule has 0 bridgehead atoms. The zero-order chi connectivity index (χ0) is 20.6. The van der Waals surface area contributed by atoms with E-state index in [-0.39, 0.29) is 18.0 Å². The third kappa shape index (κ3) is 4.64. The van der Waals surface area contributed by atoms with E-state index in [4.69, 9.17) is 10.8 Å². The van der Waals surface area contributed by atoms with Gasteiger partial charge in [0.15, 0.2) is 0 Å². The predicted octanol–water partition coefficient (Wildman–Crippen LogP) is 3.17. The van der Waals surface area contributed by atoms with Gasteiger partial charge in [-0.2, -0.15) is 10.5 Å². The Labute approximate surface area is 172 Å². The fourth-order valence-electron chi connectivity index (χ4n) is 2.78. The van der Waals surface area contributed by atoms with Gasteiger partial charge in [-0.1, -0.05) is 18.2 Å². The number of hydrogen-bond acceptors (Lipinski definition) is 8. The largest absolute Gasteiger partial charge is 0.395 e. The molecule has 0 aliphatic heterocycles. The van der Waals surface area contributed by atoms with Crippen LogP contribution in [0, 0.1) is 22.7 Å². The molecule has 4 N–H and O–H groups in total. The first-order chi connectivity index (χ1) is 14.2. The van der Waals surface area contributed by atoms with Crippen molar-refractivity contribution >= 4 is 23.3 Å². The number of benzene rings is 1. The number of nitriles is 2.